The first-order valence-electron chi connectivity index (χ1n) is 10.9. The van der Waals surface area contributed by atoms with E-state index in [0.29, 0.717) is 17.8 Å². The Kier molecular flexibility index (Phi) is 8.49. The van der Waals surface area contributed by atoms with Crippen molar-refractivity contribution >= 4 is 0 Å². The zero-order valence-electron chi connectivity index (χ0n) is 17.1. The molecular formula is C26H30NOY-. The van der Waals surface area contributed by atoms with Gasteiger partial charge in [0.05, 0.1) is 6.10 Å². The molecule has 2 fully saturated rings. The fourth-order valence-electron chi connectivity index (χ4n) is 5.42. The van der Waals surface area contributed by atoms with E-state index in [2.05, 4.69) is 47.3 Å². The Morgan fingerprint density at radius 3 is 2.34 bits per heavy atom. The molecule has 2 aliphatic carbocycles. The number of hydrogen-bond donors (Lipinski definition) is 1. The van der Waals surface area contributed by atoms with E-state index in [1.54, 1.807) is 0 Å². The second-order valence-corrected chi connectivity index (χ2v) is 8.65. The van der Waals surface area contributed by atoms with Crippen molar-refractivity contribution in [2.24, 2.45) is 11.8 Å². The zero-order chi connectivity index (χ0) is 19.3. The van der Waals surface area contributed by atoms with Crippen LogP contribution in [0.1, 0.15) is 73.7 Å². The number of rotatable bonds is 6. The first kappa shape index (κ1) is 22.7. The molecule has 4 rings (SSSR count). The molecule has 1 N–H and O–H groups in total. The third-order valence-corrected chi connectivity index (χ3v) is 7.06. The van der Waals surface area contributed by atoms with Gasteiger partial charge in [-0.3, -0.25) is 0 Å². The van der Waals surface area contributed by atoms with E-state index in [4.69, 9.17) is 6.57 Å². The molecule has 0 amide bonds. The largest absolute Gasteiger partial charge is 0.388 e. The topological polar surface area (TPSA) is 24.6 Å². The van der Waals surface area contributed by atoms with Crippen molar-refractivity contribution in [1.82, 2.24) is 0 Å². The summed E-state index contributed by atoms with van der Waals surface area (Å²) in [5.74, 6) is 1.32. The monoisotopic (exact) mass is 461 g/mol. The molecule has 2 saturated carbocycles. The first-order valence-corrected chi connectivity index (χ1v) is 10.9. The molecule has 2 aliphatic rings. The smallest absolute Gasteiger partial charge is 0.227 e. The van der Waals surface area contributed by atoms with Crippen LogP contribution in [0.25, 0.3) is 4.85 Å². The molecule has 0 spiro atoms. The van der Waals surface area contributed by atoms with Gasteiger partial charge in [0.25, 0.3) is 0 Å². The van der Waals surface area contributed by atoms with E-state index < -0.39 is 0 Å². The third kappa shape index (κ3) is 5.38. The number of benzene rings is 2. The van der Waals surface area contributed by atoms with Gasteiger partial charge in [0, 0.05) is 45.0 Å². The SMILES string of the molecule is [C-]#[N+]C1CCC(c2ccc(C(O)C3CCCC3)cc2)C1CCc1cc[c-]cc1.[Y]. The molecule has 2 nitrogen and oxygen atoms in total. The quantitative estimate of drug-likeness (QED) is 0.515. The molecule has 0 aromatic heterocycles. The minimum Gasteiger partial charge on any atom is -0.388 e. The van der Waals surface area contributed by atoms with Gasteiger partial charge >= 0.3 is 0 Å². The van der Waals surface area contributed by atoms with E-state index in [9.17, 15) is 5.11 Å². The van der Waals surface area contributed by atoms with Crippen LogP contribution in [0.2, 0.25) is 0 Å². The minimum atomic E-state index is -0.318. The van der Waals surface area contributed by atoms with Gasteiger partial charge in [-0.05, 0) is 55.1 Å². The molecule has 1 radical (unpaired) electrons. The summed E-state index contributed by atoms with van der Waals surface area (Å²) in [6.07, 6.45) is 8.69. The number of nitrogens with zero attached hydrogens (tertiary/aromatic N) is 1. The van der Waals surface area contributed by atoms with Gasteiger partial charge in [-0.1, -0.05) is 37.1 Å². The van der Waals surface area contributed by atoms with E-state index in [-0.39, 0.29) is 44.9 Å². The Morgan fingerprint density at radius 1 is 1.00 bits per heavy atom. The molecule has 29 heavy (non-hydrogen) atoms. The number of hydrogen-bond acceptors (Lipinski definition) is 1. The van der Waals surface area contributed by atoms with Gasteiger partial charge in [0.15, 0.2) is 0 Å². The maximum atomic E-state index is 10.7. The van der Waals surface area contributed by atoms with E-state index in [1.165, 1.54) is 24.0 Å². The predicted octanol–water partition coefficient (Wildman–Crippen LogP) is 6.12. The van der Waals surface area contributed by atoms with Crippen molar-refractivity contribution in [3.63, 3.8) is 0 Å². The minimum absolute atomic E-state index is 0. The summed E-state index contributed by atoms with van der Waals surface area (Å²) in [5, 5.41) is 10.7. The maximum absolute atomic E-state index is 10.7. The zero-order valence-corrected chi connectivity index (χ0v) is 20.0. The molecular weight excluding hydrogens is 431 g/mol. The van der Waals surface area contributed by atoms with Crippen LogP contribution in [-0.2, 0) is 39.1 Å². The normalized spacial score (nSPS) is 25.3. The molecule has 4 atom stereocenters. The molecule has 0 aliphatic heterocycles. The van der Waals surface area contributed by atoms with Crippen molar-refractivity contribution in [3.8, 4) is 0 Å². The molecule has 0 bridgehead atoms. The Bertz CT molecular complexity index is 792. The molecule has 149 valence electrons. The Morgan fingerprint density at radius 2 is 1.69 bits per heavy atom. The Labute approximate surface area is 200 Å². The second-order valence-electron chi connectivity index (χ2n) is 8.65. The van der Waals surface area contributed by atoms with Crippen LogP contribution < -0.4 is 0 Å². The van der Waals surface area contributed by atoms with E-state index in [0.717, 1.165) is 44.1 Å². The summed E-state index contributed by atoms with van der Waals surface area (Å²) >= 11 is 0. The summed E-state index contributed by atoms with van der Waals surface area (Å²) in [6, 6.07) is 20.1. The third-order valence-electron chi connectivity index (χ3n) is 7.06. The second kappa shape index (κ2) is 10.9. The van der Waals surface area contributed by atoms with Crippen molar-refractivity contribution in [1.29, 1.82) is 0 Å². The van der Waals surface area contributed by atoms with Crippen LogP contribution in [0, 0.1) is 24.5 Å². The van der Waals surface area contributed by atoms with Crippen LogP contribution in [0.3, 0.4) is 0 Å². The van der Waals surface area contributed by atoms with Gasteiger partial charge in [0.1, 0.15) is 0 Å². The van der Waals surface area contributed by atoms with Crippen molar-refractivity contribution in [2.45, 2.75) is 69.4 Å². The Hall–Kier alpha value is -1.01. The van der Waals surface area contributed by atoms with Crippen molar-refractivity contribution in [3.05, 3.63) is 82.7 Å². The van der Waals surface area contributed by atoms with Crippen LogP contribution in [0.5, 0.6) is 0 Å². The Balaban J connectivity index is 0.00000240. The van der Waals surface area contributed by atoms with Gasteiger partial charge in [0.2, 0.25) is 6.04 Å². The fraction of sp³-hybridized carbons (Fsp3) is 0.500. The van der Waals surface area contributed by atoms with Gasteiger partial charge in [-0.15, -0.1) is 0 Å². The molecule has 0 saturated heterocycles. The molecule has 2 aromatic carbocycles. The summed E-state index contributed by atoms with van der Waals surface area (Å²) in [7, 11) is 0. The fourth-order valence-corrected chi connectivity index (χ4v) is 5.42. The number of aliphatic hydroxyl groups excluding tert-OH is 1. The van der Waals surface area contributed by atoms with Gasteiger partial charge in [-0.2, -0.15) is 35.9 Å². The summed E-state index contributed by atoms with van der Waals surface area (Å²) in [6.45, 7) is 7.64. The number of aryl methyl sites for hydroxylation is 1. The molecule has 0 heterocycles. The predicted molar refractivity (Wildman–Crippen MR) is 113 cm³/mol. The van der Waals surface area contributed by atoms with E-state index in [1.807, 2.05) is 12.1 Å². The van der Waals surface area contributed by atoms with Gasteiger partial charge in [-0.25, -0.2) is 6.57 Å². The van der Waals surface area contributed by atoms with Crippen LogP contribution in [0.15, 0.2) is 48.5 Å². The number of aliphatic hydroxyl groups is 1. The van der Waals surface area contributed by atoms with Crippen LogP contribution >= 0.6 is 0 Å². The average molecular weight is 461 g/mol. The van der Waals surface area contributed by atoms with Crippen LogP contribution in [-0.4, -0.2) is 11.1 Å². The van der Waals surface area contributed by atoms with Crippen LogP contribution in [0.4, 0.5) is 0 Å². The molecule has 2 aromatic rings. The first-order chi connectivity index (χ1) is 13.8. The summed E-state index contributed by atoms with van der Waals surface area (Å²) in [5.41, 5.74) is 3.75. The molecule has 4 unspecified atom stereocenters. The van der Waals surface area contributed by atoms with Crippen molar-refractivity contribution in [2.75, 3.05) is 0 Å². The summed E-state index contributed by atoms with van der Waals surface area (Å²) in [4.78, 5) is 3.96. The molecule has 3 heteroatoms. The van der Waals surface area contributed by atoms with E-state index >= 15 is 0 Å². The van der Waals surface area contributed by atoms with Crippen molar-refractivity contribution < 1.29 is 37.8 Å². The summed E-state index contributed by atoms with van der Waals surface area (Å²) < 4.78 is 0. The van der Waals surface area contributed by atoms with Gasteiger partial charge < -0.3 is 9.95 Å². The standard InChI is InChI=1S/C26H30NO.Y/c1-27-25-18-17-23(24(25)16-11-19-7-3-2-4-8-19)20-12-14-22(15-13-20)26(28)21-9-5-6-10-21;/h3-4,7-8,12-15,21,23-26,28H,5-6,9-11,16-18H2;/q-1;. The maximum Gasteiger partial charge on any atom is 0.227 e. The average Bonchev–Trinajstić information content (AvgIpc) is 3.42.